The highest BCUT2D eigenvalue weighted by molar-refractivity contribution is 8.00. The van der Waals surface area contributed by atoms with Gasteiger partial charge in [-0.05, 0) is 19.3 Å². The van der Waals surface area contributed by atoms with E-state index in [4.69, 9.17) is 5.73 Å². The van der Waals surface area contributed by atoms with Gasteiger partial charge in [-0.2, -0.15) is 9.36 Å². The zero-order valence-electron chi connectivity index (χ0n) is 18.8. The van der Waals surface area contributed by atoms with Crippen LogP contribution >= 0.6 is 23.3 Å². The van der Waals surface area contributed by atoms with Gasteiger partial charge in [-0.15, -0.1) is 11.8 Å². The highest BCUT2D eigenvalue weighted by Crippen LogP contribution is 2.43. The molecule has 0 bridgehead atoms. The van der Waals surface area contributed by atoms with E-state index in [1.165, 1.54) is 27.9 Å². The van der Waals surface area contributed by atoms with Gasteiger partial charge in [-0.3, -0.25) is 19.0 Å². The second-order valence-electron chi connectivity index (χ2n) is 8.94. The Morgan fingerprint density at radius 2 is 2.14 bits per heavy atom. The average molecular weight is 519 g/mol. The minimum Gasteiger partial charge on any atom is -0.477 e. The van der Waals surface area contributed by atoms with Gasteiger partial charge in [0.2, 0.25) is 11.5 Å². The summed E-state index contributed by atoms with van der Waals surface area (Å²) in [6, 6.07) is -0.972. The molecule has 1 fully saturated rings. The van der Waals surface area contributed by atoms with Gasteiger partial charge in [0.15, 0.2) is 5.13 Å². The van der Waals surface area contributed by atoms with E-state index in [1.807, 2.05) is 0 Å². The molecule has 5 rings (SSSR count). The number of nitrogens with one attached hydrogen (secondary N) is 1. The Labute approximate surface area is 208 Å². The third-order valence-electron chi connectivity index (χ3n) is 6.73. The molecule has 1 saturated heterocycles. The molecule has 1 aromatic rings. The van der Waals surface area contributed by atoms with Crippen molar-refractivity contribution in [3.63, 3.8) is 0 Å². The minimum atomic E-state index is -1.17. The monoisotopic (exact) mass is 518 g/mol. The summed E-state index contributed by atoms with van der Waals surface area (Å²) >= 11 is 2.22. The number of likely N-dealkylation sites (N-methyl/N-ethyl adjacent to an activating group) is 1. The summed E-state index contributed by atoms with van der Waals surface area (Å²) in [5.74, 6) is -2.31. The number of aliphatic carboxylic acids is 1. The maximum atomic E-state index is 13.0. The normalized spacial score (nSPS) is 28.1. The van der Waals surface area contributed by atoms with E-state index in [0.717, 1.165) is 37.2 Å². The number of quaternary nitrogens is 1. The number of β-lactam (4-membered cyclic amide) rings is 1. The van der Waals surface area contributed by atoms with Gasteiger partial charge < -0.3 is 21.4 Å². The van der Waals surface area contributed by atoms with E-state index < -0.39 is 34.9 Å². The van der Waals surface area contributed by atoms with Crippen LogP contribution in [-0.4, -0.2) is 83.3 Å². The van der Waals surface area contributed by atoms with E-state index in [1.54, 1.807) is 0 Å². The summed E-state index contributed by atoms with van der Waals surface area (Å²) in [5.41, 5.74) is 8.35. The number of carbonyl (C=O) groups excluding carboxylic acids is 2. The molecule has 1 aliphatic carbocycles. The highest BCUT2D eigenvalue weighted by atomic mass is 32.2. The van der Waals surface area contributed by atoms with Gasteiger partial charge >= 0.3 is 5.97 Å². The molecule has 4 heterocycles. The number of thioether (sulfide) groups is 1. The molecular weight excluding hydrogens is 494 g/mol. The third-order valence-corrected chi connectivity index (χ3v) is 8.61. The summed E-state index contributed by atoms with van der Waals surface area (Å²) in [7, 11) is 2.07. The summed E-state index contributed by atoms with van der Waals surface area (Å²) in [5, 5.41) is 24.3. The number of carboxylic acids is 1. The van der Waals surface area contributed by atoms with Crippen LogP contribution in [0.3, 0.4) is 0 Å². The van der Waals surface area contributed by atoms with Crippen LogP contribution in [0, 0.1) is 0 Å². The molecule has 0 saturated carbocycles. The second-order valence-corrected chi connectivity index (χ2v) is 10.8. The van der Waals surface area contributed by atoms with Crippen LogP contribution in [0.15, 0.2) is 40.0 Å². The van der Waals surface area contributed by atoms with Crippen molar-refractivity contribution in [3.05, 3.63) is 40.6 Å². The first-order chi connectivity index (χ1) is 16.7. The number of allylic oxidation sites excluding steroid dienone is 3. The fourth-order valence-electron chi connectivity index (χ4n) is 5.10. The van der Waals surface area contributed by atoms with Gasteiger partial charge in [0, 0.05) is 40.9 Å². The first-order valence-electron chi connectivity index (χ1n) is 11.0. The van der Waals surface area contributed by atoms with Gasteiger partial charge in [0.25, 0.3) is 11.8 Å². The number of nitrogens with two attached hydrogens (primary N) is 1. The molecule has 1 aromatic heterocycles. The lowest BCUT2D eigenvalue weighted by Gasteiger charge is -2.49. The van der Waals surface area contributed by atoms with Crippen molar-refractivity contribution in [2.75, 3.05) is 25.1 Å². The molecule has 0 aromatic carbocycles. The molecule has 0 radical (unpaired) electrons. The summed E-state index contributed by atoms with van der Waals surface area (Å²) in [6.45, 7) is 0.468. The lowest BCUT2D eigenvalue weighted by atomic mass is 9.96. The maximum Gasteiger partial charge on any atom is 0.352 e. The number of hydrogen-bond donors (Lipinski definition) is 4. The van der Waals surface area contributed by atoms with Crippen LogP contribution in [0.2, 0.25) is 0 Å². The predicted octanol–water partition coefficient (Wildman–Crippen LogP) is 0.839. The topological polar surface area (TPSA) is 171 Å². The fraction of sp³-hybridized carbons (Fsp3) is 0.429. The number of amides is 2. The van der Waals surface area contributed by atoms with E-state index in [0.29, 0.717) is 22.4 Å². The number of anilines is 1. The standard InChI is InChI=1S/C21H23N7O5S2/c1-28(7-6-10-4-2-3-5-12(10)28)8-11-9-34-19-14(18(30)27(19)15(11)20(31)32)23-17(29)13(25-33)16-24-21(22)35-26-16/h6-7,14,19H,2-5,8-9H2,1H3,(H4-,22,23,24,26,29,31,32,33)/p+1/t14-,19-,28?/m1/s1. The summed E-state index contributed by atoms with van der Waals surface area (Å²) in [6.07, 6.45) is 8.54. The van der Waals surface area contributed by atoms with E-state index >= 15 is 0 Å². The van der Waals surface area contributed by atoms with E-state index in [2.05, 4.69) is 39.2 Å². The molecule has 35 heavy (non-hydrogen) atoms. The van der Waals surface area contributed by atoms with Gasteiger partial charge in [0.1, 0.15) is 35.6 Å². The minimum absolute atomic E-state index is 0.0214. The number of hydrogen-bond acceptors (Lipinski definition) is 10. The van der Waals surface area contributed by atoms with Crippen LogP contribution < -0.4 is 11.1 Å². The van der Waals surface area contributed by atoms with Crippen molar-refractivity contribution in [2.24, 2.45) is 5.16 Å². The Balaban J connectivity index is 1.35. The molecule has 3 atom stereocenters. The lowest BCUT2D eigenvalue weighted by molar-refractivity contribution is -0.814. The number of nitrogen functional groups attached to an aromatic ring is 1. The number of rotatable bonds is 6. The van der Waals surface area contributed by atoms with Crippen molar-refractivity contribution < 1.29 is 29.2 Å². The number of carboxylic acid groups (broad SMARTS) is 1. The number of fused-ring (bicyclic) bond motifs is 1. The number of carbonyl (C=O) groups is 3. The molecule has 14 heteroatoms. The fourth-order valence-corrected chi connectivity index (χ4v) is 6.87. The molecule has 2 amide bonds. The predicted molar refractivity (Wildman–Crippen MR) is 128 cm³/mol. The van der Waals surface area contributed by atoms with Crippen molar-refractivity contribution in [1.82, 2.24) is 19.6 Å². The zero-order chi connectivity index (χ0) is 24.9. The van der Waals surface area contributed by atoms with Gasteiger partial charge in [-0.1, -0.05) is 5.16 Å². The smallest absolute Gasteiger partial charge is 0.352 e. The molecule has 0 spiro atoms. The summed E-state index contributed by atoms with van der Waals surface area (Å²) < 4.78 is 4.37. The van der Waals surface area contributed by atoms with Crippen molar-refractivity contribution in [1.29, 1.82) is 0 Å². The number of nitrogens with zero attached hydrogens (tertiary/aromatic N) is 5. The molecular formula is C21H24N7O5S2+. The first kappa shape index (κ1) is 23.5. The van der Waals surface area contributed by atoms with Crippen LogP contribution in [0.5, 0.6) is 0 Å². The molecule has 1 unspecified atom stereocenters. The Kier molecular flexibility index (Phi) is 5.89. The van der Waals surface area contributed by atoms with Crippen molar-refractivity contribution in [2.45, 2.75) is 37.1 Å². The number of aromatic nitrogens is 2. The first-order valence-corrected chi connectivity index (χ1v) is 12.8. The van der Waals surface area contributed by atoms with Crippen LogP contribution in [-0.2, 0) is 14.4 Å². The van der Waals surface area contributed by atoms with E-state index in [9.17, 15) is 24.7 Å². The van der Waals surface area contributed by atoms with E-state index in [-0.39, 0.29) is 16.7 Å². The van der Waals surface area contributed by atoms with Crippen LogP contribution in [0.25, 0.3) is 0 Å². The molecule has 184 valence electrons. The Hall–Kier alpha value is -3.23. The second kappa shape index (κ2) is 8.77. The van der Waals surface area contributed by atoms with Gasteiger partial charge in [0.05, 0.1) is 7.05 Å². The maximum absolute atomic E-state index is 13.0. The Morgan fingerprint density at radius 1 is 1.37 bits per heavy atom. The quantitative estimate of drug-likeness (QED) is 0.140. The van der Waals surface area contributed by atoms with Crippen LogP contribution in [0.4, 0.5) is 5.13 Å². The molecule has 4 aliphatic rings. The van der Waals surface area contributed by atoms with Crippen LogP contribution in [0.1, 0.15) is 31.5 Å². The number of oxime groups is 1. The Bertz CT molecular complexity index is 1250. The average Bonchev–Trinajstić information content (AvgIpc) is 3.41. The third kappa shape index (κ3) is 3.90. The molecule has 3 aliphatic heterocycles. The Morgan fingerprint density at radius 3 is 2.83 bits per heavy atom. The SMILES string of the molecule is C[N+]1(CC2=C(C(=O)O)N3C(=O)[C@@H](NC(=O)/C(=N\O)c4nsc(N)n4)[C@H]3SC2)C=CC2=C1CCCC2. The molecule has 5 N–H and O–H groups in total. The zero-order valence-corrected chi connectivity index (χ0v) is 20.4. The largest absolute Gasteiger partial charge is 0.477 e. The summed E-state index contributed by atoms with van der Waals surface area (Å²) in [4.78, 5) is 43.0. The molecule has 12 nitrogen and oxygen atoms in total. The van der Waals surface area contributed by atoms with Gasteiger partial charge in [-0.25, -0.2) is 4.79 Å². The van der Waals surface area contributed by atoms with Crippen molar-refractivity contribution in [3.8, 4) is 0 Å². The lowest BCUT2D eigenvalue weighted by Crippen LogP contribution is -2.71. The highest BCUT2D eigenvalue weighted by Gasteiger charge is 2.55. The van der Waals surface area contributed by atoms with Crippen molar-refractivity contribution >= 4 is 51.9 Å².